The van der Waals surface area contributed by atoms with Crippen molar-refractivity contribution in [2.45, 2.75) is 6.42 Å². The lowest BCUT2D eigenvalue weighted by atomic mass is 10.1. The largest absolute Gasteiger partial charge is 0.314 e. The van der Waals surface area contributed by atoms with Crippen molar-refractivity contribution >= 4 is 24.8 Å². The molecule has 0 bridgehead atoms. The molecule has 0 spiro atoms. The van der Waals surface area contributed by atoms with Crippen LogP contribution in [0.2, 0.25) is 0 Å². The molecule has 3 nitrogen and oxygen atoms in total. The molecule has 2 rings (SSSR count). The zero-order chi connectivity index (χ0) is 12.6. The Bertz CT molecular complexity index is 329. The van der Waals surface area contributed by atoms with Crippen molar-refractivity contribution in [2.75, 3.05) is 52.9 Å². The van der Waals surface area contributed by atoms with Gasteiger partial charge in [-0.15, -0.1) is 24.8 Å². The summed E-state index contributed by atoms with van der Waals surface area (Å²) in [4.78, 5) is 4.99. The van der Waals surface area contributed by atoms with E-state index in [2.05, 4.69) is 52.5 Å². The Kier molecular flexibility index (Phi) is 11.2. The number of nitrogens with zero attached hydrogens (tertiary/aromatic N) is 2. The molecule has 20 heavy (non-hydrogen) atoms. The highest BCUT2D eigenvalue weighted by molar-refractivity contribution is 5.85. The summed E-state index contributed by atoms with van der Waals surface area (Å²) in [5.74, 6) is 0. The van der Waals surface area contributed by atoms with Crippen molar-refractivity contribution in [1.29, 1.82) is 0 Å². The molecule has 0 aromatic heterocycles. The van der Waals surface area contributed by atoms with Gasteiger partial charge < -0.3 is 10.2 Å². The molecular formula is C15H27Cl2N3. The van der Waals surface area contributed by atoms with E-state index in [9.17, 15) is 0 Å². The lowest BCUT2D eigenvalue weighted by molar-refractivity contribution is 0.206. The van der Waals surface area contributed by atoms with Crippen molar-refractivity contribution in [2.24, 2.45) is 0 Å². The van der Waals surface area contributed by atoms with Gasteiger partial charge in [0, 0.05) is 45.8 Å². The minimum Gasteiger partial charge on any atom is -0.314 e. The Balaban J connectivity index is 0.00000180. The highest BCUT2D eigenvalue weighted by Crippen LogP contribution is 2.01. The molecule has 1 fully saturated rings. The van der Waals surface area contributed by atoms with Gasteiger partial charge in [-0.3, -0.25) is 4.90 Å². The monoisotopic (exact) mass is 319 g/mol. The number of likely N-dealkylation sites (N-methyl/N-ethyl adjacent to an activating group) is 1. The molecule has 0 atom stereocenters. The first-order valence-electron chi connectivity index (χ1n) is 7.00. The van der Waals surface area contributed by atoms with Gasteiger partial charge in [0.1, 0.15) is 0 Å². The van der Waals surface area contributed by atoms with Crippen LogP contribution in [0, 0.1) is 0 Å². The van der Waals surface area contributed by atoms with Crippen LogP contribution in [0.25, 0.3) is 0 Å². The average Bonchev–Trinajstić information content (AvgIpc) is 2.45. The van der Waals surface area contributed by atoms with E-state index in [4.69, 9.17) is 0 Å². The van der Waals surface area contributed by atoms with E-state index >= 15 is 0 Å². The maximum atomic E-state index is 3.39. The highest BCUT2D eigenvalue weighted by atomic mass is 35.5. The minimum atomic E-state index is 0. The van der Waals surface area contributed by atoms with Crippen LogP contribution in [-0.2, 0) is 6.42 Å². The van der Waals surface area contributed by atoms with Gasteiger partial charge in [0.15, 0.2) is 0 Å². The van der Waals surface area contributed by atoms with E-state index in [1.54, 1.807) is 0 Å². The topological polar surface area (TPSA) is 18.5 Å². The van der Waals surface area contributed by atoms with Crippen LogP contribution in [0.5, 0.6) is 0 Å². The standard InChI is InChI=1S/C15H25N3.2ClH/c1-17(10-7-15-5-3-2-4-6-15)13-14-18-11-8-16-9-12-18;;/h2-6,16H,7-14H2,1H3;2*1H. The number of rotatable bonds is 6. The second-order valence-corrected chi connectivity index (χ2v) is 5.13. The van der Waals surface area contributed by atoms with Gasteiger partial charge >= 0.3 is 0 Å². The molecule has 1 N–H and O–H groups in total. The van der Waals surface area contributed by atoms with Gasteiger partial charge in [-0.2, -0.15) is 0 Å². The van der Waals surface area contributed by atoms with Crippen LogP contribution in [-0.4, -0.2) is 62.7 Å². The molecule has 1 aromatic carbocycles. The Morgan fingerprint density at radius 3 is 2.35 bits per heavy atom. The Morgan fingerprint density at radius 1 is 1.05 bits per heavy atom. The summed E-state index contributed by atoms with van der Waals surface area (Å²) in [6.07, 6.45) is 1.15. The molecule has 0 amide bonds. The Hall–Kier alpha value is -0.320. The van der Waals surface area contributed by atoms with Crippen LogP contribution in [0.15, 0.2) is 30.3 Å². The van der Waals surface area contributed by atoms with Crippen LogP contribution < -0.4 is 5.32 Å². The maximum Gasteiger partial charge on any atom is 0.0110 e. The molecule has 1 heterocycles. The Labute approximate surface area is 135 Å². The lowest BCUT2D eigenvalue weighted by Crippen LogP contribution is -2.46. The maximum absolute atomic E-state index is 3.39. The Morgan fingerprint density at radius 2 is 1.70 bits per heavy atom. The predicted octanol–water partition coefficient (Wildman–Crippen LogP) is 1.91. The minimum absolute atomic E-state index is 0. The molecule has 0 unspecified atom stereocenters. The van der Waals surface area contributed by atoms with Crippen molar-refractivity contribution < 1.29 is 0 Å². The van der Waals surface area contributed by atoms with Crippen molar-refractivity contribution in [1.82, 2.24) is 15.1 Å². The van der Waals surface area contributed by atoms with Crippen LogP contribution in [0.1, 0.15) is 5.56 Å². The number of hydrogen-bond acceptors (Lipinski definition) is 3. The van der Waals surface area contributed by atoms with Gasteiger partial charge in [-0.25, -0.2) is 0 Å². The quantitative estimate of drug-likeness (QED) is 0.864. The third-order valence-electron chi connectivity index (χ3n) is 3.63. The molecule has 0 aliphatic carbocycles. The first-order chi connectivity index (χ1) is 8.84. The van der Waals surface area contributed by atoms with Gasteiger partial charge in [0.25, 0.3) is 0 Å². The van der Waals surface area contributed by atoms with Gasteiger partial charge in [-0.1, -0.05) is 30.3 Å². The number of benzene rings is 1. The molecule has 1 aliphatic rings. The van der Waals surface area contributed by atoms with Crippen LogP contribution in [0.4, 0.5) is 0 Å². The van der Waals surface area contributed by atoms with Crippen molar-refractivity contribution in [3.05, 3.63) is 35.9 Å². The lowest BCUT2D eigenvalue weighted by Gasteiger charge is -2.29. The third kappa shape index (κ3) is 7.46. The molecule has 0 saturated carbocycles. The fourth-order valence-corrected chi connectivity index (χ4v) is 2.32. The van der Waals surface area contributed by atoms with Gasteiger partial charge in [0.05, 0.1) is 0 Å². The second-order valence-electron chi connectivity index (χ2n) is 5.13. The smallest absolute Gasteiger partial charge is 0.0110 e. The summed E-state index contributed by atoms with van der Waals surface area (Å²) in [6, 6.07) is 10.7. The summed E-state index contributed by atoms with van der Waals surface area (Å²) < 4.78 is 0. The summed E-state index contributed by atoms with van der Waals surface area (Å²) >= 11 is 0. The van der Waals surface area contributed by atoms with E-state index in [0.717, 1.165) is 26.1 Å². The molecular weight excluding hydrogens is 293 g/mol. The molecule has 1 aromatic rings. The van der Waals surface area contributed by atoms with E-state index in [-0.39, 0.29) is 24.8 Å². The SMILES string of the molecule is CN(CCc1ccccc1)CCN1CCNCC1.Cl.Cl. The van der Waals surface area contributed by atoms with E-state index in [1.807, 2.05) is 0 Å². The van der Waals surface area contributed by atoms with Crippen LogP contribution >= 0.6 is 24.8 Å². The average molecular weight is 320 g/mol. The zero-order valence-corrected chi connectivity index (χ0v) is 13.9. The van der Waals surface area contributed by atoms with Crippen molar-refractivity contribution in [3.63, 3.8) is 0 Å². The summed E-state index contributed by atoms with van der Waals surface area (Å²) in [5.41, 5.74) is 1.44. The van der Waals surface area contributed by atoms with Gasteiger partial charge in [0.2, 0.25) is 0 Å². The predicted molar refractivity (Wildman–Crippen MR) is 91.4 cm³/mol. The molecule has 0 radical (unpaired) electrons. The highest BCUT2D eigenvalue weighted by Gasteiger charge is 2.09. The molecule has 116 valence electrons. The zero-order valence-electron chi connectivity index (χ0n) is 12.3. The van der Waals surface area contributed by atoms with Gasteiger partial charge in [-0.05, 0) is 19.0 Å². The van der Waals surface area contributed by atoms with E-state index < -0.39 is 0 Å². The fraction of sp³-hybridized carbons (Fsp3) is 0.600. The van der Waals surface area contributed by atoms with E-state index in [0.29, 0.717) is 0 Å². The van der Waals surface area contributed by atoms with E-state index in [1.165, 1.54) is 31.7 Å². The summed E-state index contributed by atoms with van der Waals surface area (Å²) in [5, 5.41) is 3.39. The third-order valence-corrected chi connectivity index (χ3v) is 3.63. The number of hydrogen-bond donors (Lipinski definition) is 1. The molecule has 5 heteroatoms. The first kappa shape index (κ1) is 19.7. The first-order valence-corrected chi connectivity index (χ1v) is 7.00. The number of nitrogens with one attached hydrogen (secondary N) is 1. The summed E-state index contributed by atoms with van der Waals surface area (Å²) in [6.45, 7) is 8.22. The molecule has 1 aliphatic heterocycles. The summed E-state index contributed by atoms with van der Waals surface area (Å²) in [7, 11) is 2.23. The second kappa shape index (κ2) is 11.4. The van der Waals surface area contributed by atoms with Crippen LogP contribution in [0.3, 0.4) is 0 Å². The normalized spacial score (nSPS) is 15.5. The van der Waals surface area contributed by atoms with Crippen molar-refractivity contribution in [3.8, 4) is 0 Å². The fourth-order valence-electron chi connectivity index (χ4n) is 2.32. The number of piperazine rings is 1. The molecule has 1 saturated heterocycles. The number of halogens is 2.